The summed E-state index contributed by atoms with van der Waals surface area (Å²) in [7, 11) is 1.72. The van der Waals surface area contributed by atoms with E-state index in [0.29, 0.717) is 0 Å². The molecule has 1 nitrogen and oxygen atoms in total. The number of rotatable bonds is 4. The maximum Gasteiger partial charge on any atom is 0.119 e. The maximum atomic E-state index is 5.19. The molecule has 72 valence electrons. The van der Waals surface area contributed by atoms with Crippen LogP contribution in [0.3, 0.4) is 0 Å². The van der Waals surface area contributed by atoms with Gasteiger partial charge in [0.05, 0.1) is 7.11 Å². The zero-order valence-electron chi connectivity index (χ0n) is 8.14. The summed E-state index contributed by atoms with van der Waals surface area (Å²) in [5.41, 5.74) is 2.87. The van der Waals surface area contributed by atoms with E-state index in [4.69, 9.17) is 4.74 Å². The van der Waals surface area contributed by atoms with Gasteiger partial charge < -0.3 is 4.74 Å². The first kappa shape index (κ1) is 10.8. The lowest BCUT2D eigenvalue weighted by molar-refractivity contribution is 0.414. The summed E-state index contributed by atoms with van der Waals surface area (Å²) in [6, 6.07) is 6.36. The Hall–Kier alpha value is -0.250. The standard InChI is InChI=1S/C11H15IO/c1-3-9-8-11(13-2)5-4-10(9)6-7-12/h4-5,8H,3,6-7H2,1-2H3. The highest BCUT2D eigenvalue weighted by atomic mass is 127. The van der Waals surface area contributed by atoms with Gasteiger partial charge in [0, 0.05) is 4.43 Å². The van der Waals surface area contributed by atoms with Crippen molar-refractivity contribution in [2.75, 3.05) is 11.5 Å². The van der Waals surface area contributed by atoms with E-state index in [1.54, 1.807) is 7.11 Å². The van der Waals surface area contributed by atoms with E-state index in [-0.39, 0.29) is 0 Å². The minimum Gasteiger partial charge on any atom is -0.497 e. The SMILES string of the molecule is CCc1cc(OC)ccc1CCI. The molecule has 0 aliphatic rings. The number of methoxy groups -OCH3 is 1. The van der Waals surface area contributed by atoms with Crippen LogP contribution >= 0.6 is 22.6 Å². The molecule has 1 rings (SSSR count). The molecular formula is C11H15IO. The molecule has 0 aliphatic carbocycles. The fourth-order valence-electron chi connectivity index (χ4n) is 1.40. The Morgan fingerprint density at radius 3 is 2.62 bits per heavy atom. The number of ether oxygens (including phenoxy) is 1. The van der Waals surface area contributed by atoms with Crippen molar-refractivity contribution in [2.24, 2.45) is 0 Å². The van der Waals surface area contributed by atoms with Crippen LogP contribution in [0.15, 0.2) is 18.2 Å². The minimum absolute atomic E-state index is 0.967. The highest BCUT2D eigenvalue weighted by molar-refractivity contribution is 14.1. The van der Waals surface area contributed by atoms with Crippen molar-refractivity contribution < 1.29 is 4.74 Å². The number of hydrogen-bond acceptors (Lipinski definition) is 1. The van der Waals surface area contributed by atoms with Crippen molar-refractivity contribution in [2.45, 2.75) is 19.8 Å². The van der Waals surface area contributed by atoms with Crippen molar-refractivity contribution in [3.05, 3.63) is 29.3 Å². The quantitative estimate of drug-likeness (QED) is 0.611. The third-order valence-corrected chi connectivity index (χ3v) is 2.70. The van der Waals surface area contributed by atoms with Crippen molar-refractivity contribution in [3.63, 3.8) is 0 Å². The second-order valence-electron chi connectivity index (χ2n) is 2.93. The summed E-state index contributed by atoms with van der Waals surface area (Å²) in [6.45, 7) is 2.19. The van der Waals surface area contributed by atoms with Gasteiger partial charge in [-0.1, -0.05) is 35.6 Å². The van der Waals surface area contributed by atoms with Crippen LogP contribution in [0.1, 0.15) is 18.1 Å². The van der Waals surface area contributed by atoms with E-state index in [0.717, 1.165) is 18.6 Å². The molecule has 0 heterocycles. The molecule has 0 N–H and O–H groups in total. The lowest BCUT2D eigenvalue weighted by Gasteiger charge is -2.08. The summed E-state index contributed by atoms with van der Waals surface area (Å²) in [4.78, 5) is 0. The summed E-state index contributed by atoms with van der Waals surface area (Å²) in [5, 5.41) is 0. The van der Waals surface area contributed by atoms with E-state index in [9.17, 15) is 0 Å². The van der Waals surface area contributed by atoms with E-state index in [1.807, 2.05) is 6.07 Å². The van der Waals surface area contributed by atoms with Crippen LogP contribution < -0.4 is 4.74 Å². The molecule has 2 heteroatoms. The highest BCUT2D eigenvalue weighted by Gasteiger charge is 2.01. The van der Waals surface area contributed by atoms with Gasteiger partial charge in [-0.25, -0.2) is 0 Å². The number of aryl methyl sites for hydroxylation is 2. The molecule has 0 aliphatic heterocycles. The zero-order valence-corrected chi connectivity index (χ0v) is 10.3. The van der Waals surface area contributed by atoms with Crippen LogP contribution in [-0.4, -0.2) is 11.5 Å². The lowest BCUT2D eigenvalue weighted by atomic mass is 10.0. The van der Waals surface area contributed by atoms with E-state index >= 15 is 0 Å². The van der Waals surface area contributed by atoms with Crippen LogP contribution in [0.25, 0.3) is 0 Å². The minimum atomic E-state index is 0.967. The number of halogens is 1. The van der Waals surface area contributed by atoms with E-state index in [1.165, 1.54) is 15.6 Å². The Morgan fingerprint density at radius 1 is 1.31 bits per heavy atom. The van der Waals surface area contributed by atoms with Crippen LogP contribution in [0, 0.1) is 0 Å². The van der Waals surface area contributed by atoms with Crippen LogP contribution in [-0.2, 0) is 12.8 Å². The molecule has 1 aromatic carbocycles. The van der Waals surface area contributed by atoms with E-state index < -0.39 is 0 Å². The fourth-order valence-corrected chi connectivity index (χ4v) is 1.99. The first-order chi connectivity index (χ1) is 6.31. The molecule has 0 atom stereocenters. The molecule has 13 heavy (non-hydrogen) atoms. The van der Waals surface area contributed by atoms with Crippen LogP contribution in [0.4, 0.5) is 0 Å². The third kappa shape index (κ3) is 2.86. The van der Waals surface area contributed by atoms with Crippen LogP contribution in [0.5, 0.6) is 5.75 Å². The summed E-state index contributed by atoms with van der Waals surface area (Å²) >= 11 is 2.41. The third-order valence-electron chi connectivity index (χ3n) is 2.16. The largest absolute Gasteiger partial charge is 0.497 e. The lowest BCUT2D eigenvalue weighted by Crippen LogP contribution is -1.95. The van der Waals surface area contributed by atoms with Crippen LogP contribution in [0.2, 0.25) is 0 Å². The molecule has 0 saturated heterocycles. The summed E-state index contributed by atoms with van der Waals surface area (Å²) < 4.78 is 6.37. The van der Waals surface area contributed by atoms with Gasteiger partial charge >= 0.3 is 0 Å². The zero-order chi connectivity index (χ0) is 9.68. The average molecular weight is 290 g/mol. The first-order valence-electron chi connectivity index (χ1n) is 4.53. The van der Waals surface area contributed by atoms with Gasteiger partial charge in [-0.05, 0) is 36.1 Å². The average Bonchev–Trinajstić information content (AvgIpc) is 2.19. The second-order valence-corrected chi connectivity index (χ2v) is 4.01. The molecule has 1 aromatic rings. The summed E-state index contributed by atoms with van der Waals surface area (Å²) in [5.74, 6) is 0.967. The Kier molecular flexibility index (Phi) is 4.56. The molecule has 0 bridgehead atoms. The molecule has 0 aromatic heterocycles. The molecule has 0 spiro atoms. The molecule has 0 unspecified atom stereocenters. The highest BCUT2D eigenvalue weighted by Crippen LogP contribution is 2.19. The Balaban J connectivity index is 2.93. The molecule has 0 fully saturated rings. The maximum absolute atomic E-state index is 5.19. The van der Waals surface area contributed by atoms with Gasteiger partial charge in [0.25, 0.3) is 0 Å². The normalized spacial score (nSPS) is 10.1. The smallest absolute Gasteiger partial charge is 0.119 e. The van der Waals surface area contributed by atoms with Gasteiger partial charge in [-0.15, -0.1) is 0 Å². The molecule has 0 saturated carbocycles. The van der Waals surface area contributed by atoms with Crippen molar-refractivity contribution in [1.29, 1.82) is 0 Å². The monoisotopic (exact) mass is 290 g/mol. The summed E-state index contributed by atoms with van der Waals surface area (Å²) in [6.07, 6.45) is 2.25. The first-order valence-corrected chi connectivity index (χ1v) is 6.06. The van der Waals surface area contributed by atoms with Gasteiger partial charge in [-0.3, -0.25) is 0 Å². The molecular weight excluding hydrogens is 275 g/mol. The Morgan fingerprint density at radius 2 is 2.08 bits per heavy atom. The topological polar surface area (TPSA) is 9.23 Å². The van der Waals surface area contributed by atoms with Crippen molar-refractivity contribution in [3.8, 4) is 5.75 Å². The number of alkyl halides is 1. The Bertz CT molecular complexity index is 271. The number of benzene rings is 1. The van der Waals surface area contributed by atoms with Crippen molar-refractivity contribution in [1.82, 2.24) is 0 Å². The van der Waals surface area contributed by atoms with Gasteiger partial charge in [-0.2, -0.15) is 0 Å². The van der Waals surface area contributed by atoms with Crippen molar-refractivity contribution >= 4 is 22.6 Å². The molecule has 0 amide bonds. The van der Waals surface area contributed by atoms with E-state index in [2.05, 4.69) is 41.6 Å². The van der Waals surface area contributed by atoms with Gasteiger partial charge in [0.2, 0.25) is 0 Å². The fraction of sp³-hybridized carbons (Fsp3) is 0.455. The predicted octanol–water partition coefficient (Wildman–Crippen LogP) is 3.24. The second kappa shape index (κ2) is 5.47. The predicted molar refractivity (Wildman–Crippen MR) is 65.0 cm³/mol. The Labute approximate surface area is 93.6 Å². The van der Waals surface area contributed by atoms with Gasteiger partial charge in [0.1, 0.15) is 5.75 Å². The van der Waals surface area contributed by atoms with Gasteiger partial charge in [0.15, 0.2) is 0 Å². The molecule has 0 radical (unpaired) electrons. The number of hydrogen-bond donors (Lipinski definition) is 0.